The van der Waals surface area contributed by atoms with Crippen molar-refractivity contribution in [3.05, 3.63) is 59.9 Å². The molecule has 0 saturated carbocycles. The van der Waals surface area contributed by atoms with Gasteiger partial charge in [-0.2, -0.15) is 4.98 Å². The quantitative estimate of drug-likeness (QED) is 0.617. The standard InChI is InChI=1S/C22H25N3O4/c1-14(2)21-24-22(29-25-21)17-7-11-19(12-8-17)28-13-20(26)23-15(3)16-5-9-18(27-4)10-6-16/h5-12,14-15H,13H2,1-4H3,(H,23,26)/t15-/m0/s1. The number of benzene rings is 2. The van der Waals surface area contributed by atoms with E-state index in [0.717, 1.165) is 16.9 Å². The van der Waals surface area contributed by atoms with E-state index in [2.05, 4.69) is 15.5 Å². The molecular weight excluding hydrogens is 370 g/mol. The maximum Gasteiger partial charge on any atom is 0.258 e. The summed E-state index contributed by atoms with van der Waals surface area (Å²) in [5, 5.41) is 6.88. The lowest BCUT2D eigenvalue weighted by Gasteiger charge is -2.15. The van der Waals surface area contributed by atoms with Crippen LogP contribution >= 0.6 is 0 Å². The maximum absolute atomic E-state index is 12.2. The summed E-state index contributed by atoms with van der Waals surface area (Å²) in [6, 6.07) is 14.6. The summed E-state index contributed by atoms with van der Waals surface area (Å²) in [7, 11) is 1.62. The molecule has 3 aromatic rings. The van der Waals surface area contributed by atoms with Gasteiger partial charge in [0.2, 0.25) is 0 Å². The molecule has 0 aliphatic heterocycles. The van der Waals surface area contributed by atoms with E-state index in [9.17, 15) is 4.79 Å². The molecule has 7 nitrogen and oxygen atoms in total. The molecule has 0 saturated heterocycles. The van der Waals surface area contributed by atoms with E-state index >= 15 is 0 Å². The number of hydrogen-bond acceptors (Lipinski definition) is 6. The monoisotopic (exact) mass is 395 g/mol. The van der Waals surface area contributed by atoms with Gasteiger partial charge in [-0.3, -0.25) is 4.79 Å². The van der Waals surface area contributed by atoms with Crippen molar-refractivity contribution in [1.29, 1.82) is 0 Å². The summed E-state index contributed by atoms with van der Waals surface area (Å²) in [4.78, 5) is 16.5. The van der Waals surface area contributed by atoms with E-state index in [0.29, 0.717) is 17.5 Å². The molecule has 1 atom stereocenters. The third-order valence-electron chi connectivity index (χ3n) is 4.42. The number of amides is 1. The first-order valence-corrected chi connectivity index (χ1v) is 9.46. The Labute approximate surface area is 170 Å². The van der Waals surface area contributed by atoms with Crippen molar-refractivity contribution < 1.29 is 18.8 Å². The summed E-state index contributed by atoms with van der Waals surface area (Å²) in [6.45, 7) is 5.86. The SMILES string of the molecule is COc1ccc([C@H](C)NC(=O)COc2ccc(-c3nc(C(C)C)no3)cc2)cc1. The molecule has 0 aliphatic carbocycles. The van der Waals surface area contributed by atoms with Crippen LogP contribution in [0, 0.1) is 0 Å². The minimum absolute atomic E-state index is 0.0715. The number of methoxy groups -OCH3 is 1. The predicted octanol–water partition coefficient (Wildman–Crippen LogP) is 4.12. The van der Waals surface area contributed by atoms with Crippen LogP contribution in [0.25, 0.3) is 11.5 Å². The van der Waals surface area contributed by atoms with Gasteiger partial charge < -0.3 is 19.3 Å². The third-order valence-corrected chi connectivity index (χ3v) is 4.42. The van der Waals surface area contributed by atoms with Gasteiger partial charge in [0.15, 0.2) is 12.4 Å². The van der Waals surface area contributed by atoms with Gasteiger partial charge in [0.05, 0.1) is 13.2 Å². The number of rotatable bonds is 8. The minimum atomic E-state index is -0.198. The van der Waals surface area contributed by atoms with Gasteiger partial charge in [-0.05, 0) is 48.9 Å². The molecule has 3 rings (SSSR count). The van der Waals surface area contributed by atoms with Gasteiger partial charge in [0.1, 0.15) is 11.5 Å². The van der Waals surface area contributed by atoms with Crippen LogP contribution in [0.1, 0.15) is 44.1 Å². The largest absolute Gasteiger partial charge is 0.497 e. The zero-order chi connectivity index (χ0) is 20.8. The Kier molecular flexibility index (Phi) is 6.49. The number of hydrogen-bond donors (Lipinski definition) is 1. The molecule has 1 amide bonds. The van der Waals surface area contributed by atoms with Gasteiger partial charge in [0, 0.05) is 11.5 Å². The number of carbonyl (C=O) groups excluding carboxylic acids is 1. The Hall–Kier alpha value is -3.35. The van der Waals surface area contributed by atoms with Crippen molar-refractivity contribution in [2.45, 2.75) is 32.7 Å². The summed E-state index contributed by atoms with van der Waals surface area (Å²) >= 11 is 0. The fourth-order valence-electron chi connectivity index (χ4n) is 2.69. The van der Waals surface area contributed by atoms with Crippen molar-refractivity contribution >= 4 is 5.91 Å². The van der Waals surface area contributed by atoms with Gasteiger partial charge in [-0.25, -0.2) is 0 Å². The van der Waals surface area contributed by atoms with Gasteiger partial charge in [-0.1, -0.05) is 31.1 Å². The number of carbonyl (C=O) groups is 1. The van der Waals surface area contributed by atoms with Crippen LogP contribution in [0.2, 0.25) is 0 Å². The molecule has 0 bridgehead atoms. The molecule has 1 N–H and O–H groups in total. The molecule has 0 fully saturated rings. The average molecular weight is 395 g/mol. The molecule has 2 aromatic carbocycles. The van der Waals surface area contributed by atoms with Crippen molar-refractivity contribution in [3.63, 3.8) is 0 Å². The molecule has 7 heteroatoms. The number of ether oxygens (including phenoxy) is 2. The highest BCUT2D eigenvalue weighted by Crippen LogP contribution is 2.23. The first-order chi connectivity index (χ1) is 14.0. The molecule has 1 aromatic heterocycles. The van der Waals surface area contributed by atoms with Gasteiger partial charge in [0.25, 0.3) is 11.8 Å². The first kappa shape index (κ1) is 20.4. The van der Waals surface area contributed by atoms with Crippen molar-refractivity contribution in [1.82, 2.24) is 15.5 Å². The minimum Gasteiger partial charge on any atom is -0.497 e. The molecule has 0 radical (unpaired) electrons. The maximum atomic E-state index is 12.2. The van der Waals surface area contributed by atoms with E-state index in [1.807, 2.05) is 57.2 Å². The highest BCUT2D eigenvalue weighted by molar-refractivity contribution is 5.78. The van der Waals surface area contributed by atoms with Crippen molar-refractivity contribution in [2.75, 3.05) is 13.7 Å². The Morgan fingerprint density at radius 2 is 1.69 bits per heavy atom. The molecule has 0 unspecified atom stereocenters. The predicted molar refractivity (Wildman–Crippen MR) is 109 cm³/mol. The lowest BCUT2D eigenvalue weighted by Crippen LogP contribution is -2.31. The molecule has 152 valence electrons. The summed E-state index contributed by atoms with van der Waals surface area (Å²) < 4.78 is 16.0. The van der Waals surface area contributed by atoms with Crippen LogP contribution in [0.4, 0.5) is 0 Å². The number of nitrogens with one attached hydrogen (secondary N) is 1. The van der Waals surface area contributed by atoms with Crippen molar-refractivity contribution in [3.8, 4) is 23.0 Å². The number of nitrogens with zero attached hydrogens (tertiary/aromatic N) is 2. The Morgan fingerprint density at radius 1 is 1.03 bits per heavy atom. The second-order valence-corrected chi connectivity index (χ2v) is 6.99. The fraction of sp³-hybridized carbons (Fsp3) is 0.318. The van der Waals surface area contributed by atoms with E-state index in [1.165, 1.54) is 0 Å². The average Bonchev–Trinajstić information content (AvgIpc) is 3.23. The molecule has 29 heavy (non-hydrogen) atoms. The van der Waals surface area contributed by atoms with Crippen LogP contribution in [0.15, 0.2) is 53.1 Å². The highest BCUT2D eigenvalue weighted by Gasteiger charge is 2.13. The first-order valence-electron chi connectivity index (χ1n) is 9.46. The van der Waals surface area contributed by atoms with E-state index in [1.54, 1.807) is 19.2 Å². The molecular formula is C22H25N3O4. The zero-order valence-corrected chi connectivity index (χ0v) is 17.0. The Morgan fingerprint density at radius 3 is 2.28 bits per heavy atom. The highest BCUT2D eigenvalue weighted by atomic mass is 16.5. The van der Waals surface area contributed by atoms with Crippen molar-refractivity contribution in [2.24, 2.45) is 0 Å². The van der Waals surface area contributed by atoms with E-state index in [-0.39, 0.29) is 24.5 Å². The van der Waals surface area contributed by atoms with Crippen LogP contribution < -0.4 is 14.8 Å². The van der Waals surface area contributed by atoms with Gasteiger partial charge in [-0.15, -0.1) is 0 Å². The second-order valence-electron chi connectivity index (χ2n) is 6.99. The van der Waals surface area contributed by atoms with Gasteiger partial charge >= 0.3 is 0 Å². The number of aromatic nitrogens is 2. The van der Waals surface area contributed by atoms with E-state index in [4.69, 9.17) is 14.0 Å². The third kappa shape index (κ3) is 5.34. The Balaban J connectivity index is 1.51. The van der Waals surface area contributed by atoms with Crippen LogP contribution in [-0.2, 0) is 4.79 Å². The lowest BCUT2D eigenvalue weighted by molar-refractivity contribution is -0.123. The van der Waals surface area contributed by atoms with E-state index < -0.39 is 0 Å². The topological polar surface area (TPSA) is 86.5 Å². The smallest absolute Gasteiger partial charge is 0.258 e. The fourth-order valence-corrected chi connectivity index (χ4v) is 2.69. The lowest BCUT2D eigenvalue weighted by atomic mass is 10.1. The van der Waals surface area contributed by atoms with Crippen LogP contribution in [0.5, 0.6) is 11.5 Å². The summed E-state index contributed by atoms with van der Waals surface area (Å²) in [6.07, 6.45) is 0. The second kappa shape index (κ2) is 9.23. The molecule has 0 spiro atoms. The normalized spacial score (nSPS) is 11.9. The zero-order valence-electron chi connectivity index (χ0n) is 17.0. The molecule has 1 heterocycles. The summed E-state index contributed by atoms with van der Waals surface area (Å²) in [5.41, 5.74) is 1.79. The Bertz CT molecular complexity index is 933. The molecule has 0 aliphatic rings. The summed E-state index contributed by atoms with van der Waals surface area (Å²) in [5.74, 6) is 2.50. The van der Waals surface area contributed by atoms with Crippen LogP contribution in [0.3, 0.4) is 0 Å². The van der Waals surface area contributed by atoms with Crippen LogP contribution in [-0.4, -0.2) is 29.8 Å².